The van der Waals surface area contributed by atoms with Crippen molar-refractivity contribution < 1.29 is 4.74 Å². The van der Waals surface area contributed by atoms with Crippen LogP contribution in [0.1, 0.15) is 47.5 Å². The van der Waals surface area contributed by atoms with Crippen molar-refractivity contribution in [3.05, 3.63) is 56.8 Å². The molecule has 5 rings (SSSR count). The summed E-state index contributed by atoms with van der Waals surface area (Å²) >= 11 is 0. The van der Waals surface area contributed by atoms with Gasteiger partial charge in [0.1, 0.15) is 11.6 Å². The van der Waals surface area contributed by atoms with Crippen molar-refractivity contribution >= 4 is 0 Å². The molecule has 0 radical (unpaired) electrons. The number of aryl methyl sites for hydroxylation is 2. The summed E-state index contributed by atoms with van der Waals surface area (Å²) in [5.41, 5.74) is 4.68. The molecule has 1 aromatic carbocycles. The van der Waals surface area contributed by atoms with E-state index in [2.05, 4.69) is 33.1 Å². The van der Waals surface area contributed by atoms with Crippen LogP contribution < -0.4 is 10.3 Å². The van der Waals surface area contributed by atoms with Crippen LogP contribution in [0.4, 0.5) is 0 Å². The van der Waals surface area contributed by atoms with Gasteiger partial charge in [0.15, 0.2) is 0 Å². The number of fused-ring (bicyclic) bond motifs is 4. The third-order valence-electron chi connectivity index (χ3n) is 6.20. The Morgan fingerprint density at radius 1 is 1.27 bits per heavy atom. The third-order valence-corrected chi connectivity index (χ3v) is 6.20. The smallest absolute Gasteiger partial charge is 0.254 e. The minimum atomic E-state index is 0.0610. The van der Waals surface area contributed by atoms with Gasteiger partial charge in [0.2, 0.25) is 0 Å². The minimum absolute atomic E-state index is 0.0610. The summed E-state index contributed by atoms with van der Waals surface area (Å²) in [6, 6.07) is 7.59. The van der Waals surface area contributed by atoms with Gasteiger partial charge in [-0.3, -0.25) is 9.69 Å². The summed E-state index contributed by atoms with van der Waals surface area (Å²) in [5.74, 6) is 1.78. The van der Waals surface area contributed by atoms with Gasteiger partial charge >= 0.3 is 0 Å². The Hall–Kier alpha value is -2.14. The maximum absolute atomic E-state index is 12.4. The van der Waals surface area contributed by atoms with Gasteiger partial charge in [-0.15, -0.1) is 0 Å². The zero-order valence-electron chi connectivity index (χ0n) is 15.3. The zero-order chi connectivity index (χ0) is 17.7. The fourth-order valence-corrected chi connectivity index (χ4v) is 4.94. The van der Waals surface area contributed by atoms with Gasteiger partial charge in [0.25, 0.3) is 5.56 Å². The van der Waals surface area contributed by atoms with Crippen LogP contribution >= 0.6 is 0 Å². The first-order chi connectivity index (χ1) is 12.7. The van der Waals surface area contributed by atoms with Crippen molar-refractivity contribution in [2.24, 2.45) is 0 Å². The van der Waals surface area contributed by atoms with E-state index in [0.29, 0.717) is 12.1 Å². The number of aromatic nitrogens is 2. The Kier molecular flexibility index (Phi) is 3.85. The van der Waals surface area contributed by atoms with Crippen molar-refractivity contribution in [1.29, 1.82) is 0 Å². The summed E-state index contributed by atoms with van der Waals surface area (Å²) in [7, 11) is 0. The highest BCUT2D eigenvalue weighted by Gasteiger charge is 2.38. The van der Waals surface area contributed by atoms with E-state index in [1.165, 1.54) is 24.0 Å². The second kappa shape index (κ2) is 6.23. The lowest BCUT2D eigenvalue weighted by molar-refractivity contribution is 0.187. The number of rotatable bonds is 2. The maximum Gasteiger partial charge on any atom is 0.254 e. The number of nitrogens with zero attached hydrogens (tertiary/aromatic N) is 2. The summed E-state index contributed by atoms with van der Waals surface area (Å²) in [4.78, 5) is 22.6. The second-order valence-electron chi connectivity index (χ2n) is 7.94. The molecule has 0 spiro atoms. The highest BCUT2D eigenvalue weighted by Crippen LogP contribution is 2.34. The minimum Gasteiger partial charge on any atom is -0.493 e. The summed E-state index contributed by atoms with van der Waals surface area (Å²) in [6.07, 6.45) is 6.30. The van der Waals surface area contributed by atoms with Crippen molar-refractivity contribution in [2.45, 2.75) is 64.1 Å². The molecule has 4 heterocycles. The molecule has 2 aromatic rings. The van der Waals surface area contributed by atoms with Crippen LogP contribution in [0.3, 0.4) is 0 Å². The standard InChI is InChI=1S/C21H25N3O2/c1-13-22-19-11-17-6-5-16(10-18(19)21(25)23-13)24(17)12-14-4-7-20-15(9-14)3-2-8-26-20/h4,7,9,16-17H,2-3,5-6,8,10-12H2,1H3,(H,22,23,25)/t16-,17-/m0/s1. The number of hydrogen-bond acceptors (Lipinski definition) is 4. The second-order valence-corrected chi connectivity index (χ2v) is 7.94. The summed E-state index contributed by atoms with van der Waals surface area (Å²) < 4.78 is 5.75. The van der Waals surface area contributed by atoms with Gasteiger partial charge < -0.3 is 9.72 Å². The number of ether oxygens (including phenoxy) is 1. The van der Waals surface area contributed by atoms with E-state index in [0.717, 1.165) is 61.7 Å². The summed E-state index contributed by atoms with van der Waals surface area (Å²) in [6.45, 7) is 3.66. The Bertz CT molecular complexity index is 905. The fraction of sp³-hybridized carbons (Fsp3) is 0.524. The van der Waals surface area contributed by atoms with Crippen molar-refractivity contribution in [2.75, 3.05) is 6.61 Å². The quantitative estimate of drug-likeness (QED) is 0.903. The third kappa shape index (κ3) is 2.75. The lowest BCUT2D eigenvalue weighted by Gasteiger charge is -2.28. The SMILES string of the molecule is Cc1nc2c(c(=O)[nH]1)C[C@@H]1CC[C@@H](C2)N1Cc1ccc2c(c1)CCCO2. The zero-order valence-corrected chi connectivity index (χ0v) is 15.3. The predicted octanol–water partition coefficient (Wildman–Crippen LogP) is 2.54. The number of benzene rings is 1. The average Bonchev–Trinajstić information content (AvgIpc) is 2.90. The van der Waals surface area contributed by atoms with Gasteiger partial charge in [-0.05, 0) is 56.2 Å². The largest absolute Gasteiger partial charge is 0.493 e. The number of hydrogen-bond donors (Lipinski definition) is 1. The van der Waals surface area contributed by atoms with Crippen molar-refractivity contribution in [3.8, 4) is 5.75 Å². The van der Waals surface area contributed by atoms with Crippen molar-refractivity contribution in [3.63, 3.8) is 0 Å². The molecule has 136 valence electrons. The Morgan fingerprint density at radius 3 is 3.00 bits per heavy atom. The van der Waals surface area contributed by atoms with Crippen LogP contribution in [0.15, 0.2) is 23.0 Å². The Balaban J connectivity index is 1.43. The molecule has 1 saturated heterocycles. The molecule has 2 bridgehead atoms. The van der Waals surface area contributed by atoms with E-state index in [-0.39, 0.29) is 5.56 Å². The van der Waals surface area contributed by atoms with E-state index < -0.39 is 0 Å². The van der Waals surface area contributed by atoms with Crippen molar-refractivity contribution in [1.82, 2.24) is 14.9 Å². The number of nitrogens with one attached hydrogen (secondary N) is 1. The van der Waals surface area contributed by atoms with Crippen LogP contribution in [0.5, 0.6) is 5.75 Å². The first-order valence-corrected chi connectivity index (χ1v) is 9.76. The molecule has 26 heavy (non-hydrogen) atoms. The number of H-pyrrole nitrogens is 1. The van der Waals surface area contributed by atoms with E-state index in [1.807, 2.05) is 6.92 Å². The van der Waals surface area contributed by atoms with Crippen LogP contribution in [0.2, 0.25) is 0 Å². The lowest BCUT2D eigenvalue weighted by Crippen LogP contribution is -2.36. The molecule has 3 aliphatic heterocycles. The van der Waals surface area contributed by atoms with Gasteiger partial charge in [-0.25, -0.2) is 4.98 Å². The van der Waals surface area contributed by atoms with E-state index >= 15 is 0 Å². The van der Waals surface area contributed by atoms with Crippen LogP contribution in [0, 0.1) is 6.92 Å². The average molecular weight is 351 g/mol. The van der Waals surface area contributed by atoms with Gasteiger partial charge in [-0.2, -0.15) is 0 Å². The van der Waals surface area contributed by atoms with Gasteiger partial charge in [0.05, 0.1) is 12.3 Å². The molecule has 1 fully saturated rings. The normalized spacial score (nSPS) is 24.5. The molecule has 2 atom stereocenters. The molecular formula is C21H25N3O2. The Morgan fingerprint density at radius 2 is 2.12 bits per heavy atom. The molecule has 0 aliphatic carbocycles. The molecular weight excluding hydrogens is 326 g/mol. The van der Waals surface area contributed by atoms with Gasteiger partial charge in [-0.1, -0.05) is 12.1 Å². The molecule has 0 unspecified atom stereocenters. The number of aromatic amines is 1. The van der Waals surface area contributed by atoms with Crippen LogP contribution in [-0.2, 0) is 25.8 Å². The first kappa shape index (κ1) is 16.1. The van der Waals surface area contributed by atoms with Crippen LogP contribution in [0.25, 0.3) is 0 Å². The van der Waals surface area contributed by atoms with E-state index in [4.69, 9.17) is 4.74 Å². The molecule has 1 aromatic heterocycles. The van der Waals surface area contributed by atoms with Gasteiger partial charge in [0, 0.05) is 30.6 Å². The predicted molar refractivity (Wildman–Crippen MR) is 99.6 cm³/mol. The molecule has 3 aliphatic rings. The maximum atomic E-state index is 12.4. The van der Waals surface area contributed by atoms with E-state index in [9.17, 15) is 4.79 Å². The first-order valence-electron chi connectivity index (χ1n) is 9.76. The monoisotopic (exact) mass is 351 g/mol. The highest BCUT2D eigenvalue weighted by atomic mass is 16.5. The molecule has 5 heteroatoms. The highest BCUT2D eigenvalue weighted by molar-refractivity contribution is 5.38. The topological polar surface area (TPSA) is 58.2 Å². The molecule has 0 amide bonds. The van der Waals surface area contributed by atoms with E-state index in [1.54, 1.807) is 0 Å². The lowest BCUT2D eigenvalue weighted by atomic mass is 9.98. The fourth-order valence-electron chi connectivity index (χ4n) is 4.94. The molecule has 1 N–H and O–H groups in total. The summed E-state index contributed by atoms with van der Waals surface area (Å²) in [5, 5.41) is 0. The van der Waals surface area contributed by atoms with Crippen LogP contribution in [-0.4, -0.2) is 33.6 Å². The molecule has 0 saturated carbocycles. The molecule has 5 nitrogen and oxygen atoms in total. The Labute approximate surface area is 153 Å².